The molecule has 0 fully saturated rings. The van der Waals surface area contributed by atoms with E-state index >= 15 is 0 Å². The highest BCUT2D eigenvalue weighted by molar-refractivity contribution is 7.86. The Bertz CT molecular complexity index is 1970. The average molecular weight is 606 g/mol. The Morgan fingerprint density at radius 3 is 2.10 bits per heavy atom. The summed E-state index contributed by atoms with van der Waals surface area (Å²) in [6.45, 7) is 1.62. The Kier molecular flexibility index (Phi) is 7.64. The highest BCUT2D eigenvalue weighted by Crippen LogP contribution is 2.38. The molecule has 0 saturated carbocycles. The average Bonchev–Trinajstić information content (AvgIpc) is 3.52. The number of aromatic nitrogens is 2. The molecule has 12 heteroatoms. The zero-order chi connectivity index (χ0) is 27.1. The maximum atomic E-state index is 11.9. The summed E-state index contributed by atoms with van der Waals surface area (Å²) in [7, 11) is -4.62. The van der Waals surface area contributed by atoms with E-state index in [1.165, 1.54) is 11.3 Å². The summed E-state index contributed by atoms with van der Waals surface area (Å²) in [4.78, 5) is 9.20. The van der Waals surface area contributed by atoms with Crippen LogP contribution in [0.15, 0.2) is 89.8 Å². The summed E-state index contributed by atoms with van der Waals surface area (Å²) in [5, 5.41) is 8.37. The lowest BCUT2D eigenvalue weighted by atomic mass is 10.2. The van der Waals surface area contributed by atoms with Crippen molar-refractivity contribution in [2.75, 3.05) is 10.6 Å². The van der Waals surface area contributed by atoms with E-state index in [1.54, 1.807) is 30.4 Å². The molecule has 0 aliphatic rings. The number of hydrogen-bond acceptors (Lipinski definition) is 8. The molecule has 0 aliphatic carbocycles. The number of thiazole rings is 2. The number of nitrogens with zero attached hydrogens (tertiary/aromatic N) is 2. The molecule has 0 radical (unpaired) electrons. The summed E-state index contributed by atoms with van der Waals surface area (Å²) in [5.74, 6) is 0. The van der Waals surface area contributed by atoms with Crippen molar-refractivity contribution >= 4 is 81.9 Å². The molecule has 2 heterocycles. The molecule has 6 aromatic rings. The van der Waals surface area contributed by atoms with Crippen LogP contribution in [0.5, 0.6) is 0 Å². The van der Waals surface area contributed by atoms with Crippen LogP contribution < -0.4 is 16.8 Å². The minimum Gasteiger partial charge on any atom is -0.744 e. The van der Waals surface area contributed by atoms with Gasteiger partial charge in [-0.1, -0.05) is 24.3 Å². The number of benzene rings is 4. The maximum Gasteiger partial charge on any atom is 0.175 e. The summed E-state index contributed by atoms with van der Waals surface area (Å²) in [6.07, 6.45) is 0. The lowest BCUT2D eigenvalue weighted by molar-refractivity contribution is 0.463. The largest absolute Gasteiger partial charge is 0.744 e. The van der Waals surface area contributed by atoms with E-state index in [0.29, 0.717) is 25.9 Å². The normalized spacial score (nSPS) is 11.3. The number of nitrogens with one attached hydrogen (secondary N) is 2. The molecular weight excluding hydrogens is 583 g/mol. The van der Waals surface area contributed by atoms with Crippen LogP contribution in [0.25, 0.3) is 41.6 Å². The van der Waals surface area contributed by atoms with Gasteiger partial charge in [-0.15, -0.1) is 22.7 Å². The van der Waals surface area contributed by atoms with Crippen LogP contribution in [0.2, 0.25) is 0 Å². The third-order valence-electron chi connectivity index (χ3n) is 6.02. The fraction of sp³-hybridized carbons (Fsp3) is 0.0357. The molecule has 0 bridgehead atoms. The molecule has 6 rings (SSSR count). The van der Waals surface area contributed by atoms with E-state index in [-0.39, 0.29) is 11.0 Å². The second-order valence-electron chi connectivity index (χ2n) is 8.76. The van der Waals surface area contributed by atoms with E-state index in [9.17, 15) is 13.0 Å². The summed E-state index contributed by atoms with van der Waals surface area (Å²) in [5.41, 5.74) is 5.36. The van der Waals surface area contributed by atoms with Crippen molar-refractivity contribution in [3.05, 3.63) is 90.5 Å². The van der Waals surface area contributed by atoms with Gasteiger partial charge >= 0.3 is 0 Å². The smallest absolute Gasteiger partial charge is 0.175 e. The zero-order valence-corrected chi connectivity index (χ0v) is 24.6. The van der Waals surface area contributed by atoms with Crippen molar-refractivity contribution in [3.8, 4) is 21.1 Å². The fourth-order valence-corrected chi connectivity index (χ4v) is 7.72. The van der Waals surface area contributed by atoms with E-state index in [4.69, 9.17) is 17.2 Å². The van der Waals surface area contributed by atoms with E-state index in [1.807, 2.05) is 72.8 Å². The Balaban J connectivity index is 0.00000323. The van der Waals surface area contributed by atoms with Gasteiger partial charge in [0.1, 0.15) is 20.1 Å². The number of rotatable bonds is 5. The van der Waals surface area contributed by atoms with Gasteiger partial charge in [-0.3, -0.25) is 0 Å². The molecule has 0 spiro atoms. The van der Waals surface area contributed by atoms with Crippen molar-refractivity contribution < 1.29 is 13.0 Å². The van der Waals surface area contributed by atoms with Crippen molar-refractivity contribution in [2.24, 2.45) is 0 Å². The third-order valence-corrected chi connectivity index (χ3v) is 9.58. The van der Waals surface area contributed by atoms with Gasteiger partial charge in [-0.2, -0.15) is 0 Å². The highest BCUT2D eigenvalue weighted by atomic mass is 32.2. The molecule has 0 aliphatic heterocycles. The van der Waals surface area contributed by atoms with Gasteiger partial charge in [-0.25, -0.2) is 18.4 Å². The third kappa shape index (κ3) is 5.59. The Morgan fingerprint density at radius 2 is 1.40 bits per heavy atom. The molecule has 4 aromatic carbocycles. The van der Waals surface area contributed by atoms with Gasteiger partial charge in [0.05, 0.1) is 25.3 Å². The van der Waals surface area contributed by atoms with E-state index in [2.05, 4.69) is 15.6 Å². The SMILES string of the molecule is Cc1ccc2nc(-c3ccc4nc(-c5ccc(NC(=S)Nc6ccccc6)cc5)sc4c3)sc2c1S(=O)(=O)[O-].[NH4+]. The van der Waals surface area contributed by atoms with Gasteiger partial charge in [0.25, 0.3) is 0 Å². The number of thiocarbonyl (C=S) groups is 1. The highest BCUT2D eigenvalue weighted by Gasteiger charge is 2.17. The Morgan fingerprint density at radius 1 is 0.800 bits per heavy atom. The first-order chi connectivity index (χ1) is 18.7. The van der Waals surface area contributed by atoms with Crippen molar-refractivity contribution in [3.63, 3.8) is 0 Å². The zero-order valence-electron chi connectivity index (χ0n) is 21.3. The van der Waals surface area contributed by atoms with Crippen LogP contribution in [-0.4, -0.2) is 28.1 Å². The summed E-state index contributed by atoms with van der Waals surface area (Å²) in [6, 6.07) is 26.8. The lowest BCUT2D eigenvalue weighted by Gasteiger charge is -2.10. The quantitative estimate of drug-likeness (QED) is 0.134. The van der Waals surface area contributed by atoms with Crippen LogP contribution >= 0.6 is 34.9 Å². The van der Waals surface area contributed by atoms with Gasteiger partial charge in [0.2, 0.25) is 0 Å². The van der Waals surface area contributed by atoms with E-state index < -0.39 is 10.1 Å². The fourth-order valence-electron chi connectivity index (χ4n) is 4.19. The van der Waals surface area contributed by atoms with Crippen LogP contribution in [0.1, 0.15) is 5.56 Å². The lowest BCUT2D eigenvalue weighted by Crippen LogP contribution is -2.18. The molecule has 8 nitrogen and oxygen atoms in total. The van der Waals surface area contributed by atoms with Crippen molar-refractivity contribution in [1.29, 1.82) is 0 Å². The molecule has 202 valence electrons. The maximum absolute atomic E-state index is 11.9. The number of fused-ring (bicyclic) bond motifs is 2. The molecule has 0 amide bonds. The number of aryl methyl sites for hydroxylation is 1. The van der Waals surface area contributed by atoms with E-state index in [0.717, 1.165) is 37.7 Å². The monoisotopic (exact) mass is 605 g/mol. The number of hydrogen-bond donors (Lipinski definition) is 3. The first kappa shape index (κ1) is 27.8. The van der Waals surface area contributed by atoms with Crippen LogP contribution in [0.3, 0.4) is 0 Å². The van der Waals surface area contributed by atoms with Gasteiger partial charge in [-0.05, 0) is 85.4 Å². The molecule has 0 atom stereocenters. The predicted octanol–water partition coefficient (Wildman–Crippen LogP) is 7.64. The number of quaternary nitrogens is 1. The van der Waals surface area contributed by atoms with Gasteiger partial charge in [0, 0.05) is 22.5 Å². The van der Waals surface area contributed by atoms with Gasteiger partial charge in [0.15, 0.2) is 5.11 Å². The first-order valence-electron chi connectivity index (χ1n) is 11.7. The number of para-hydroxylation sites is 1. The second kappa shape index (κ2) is 11.0. The predicted molar refractivity (Wildman–Crippen MR) is 169 cm³/mol. The molecule has 0 saturated heterocycles. The molecule has 6 N–H and O–H groups in total. The molecule has 2 aromatic heterocycles. The first-order valence-corrected chi connectivity index (χ1v) is 15.2. The summed E-state index contributed by atoms with van der Waals surface area (Å²) < 4.78 is 37.0. The van der Waals surface area contributed by atoms with Crippen LogP contribution in [-0.2, 0) is 10.1 Å². The topological polar surface area (TPSA) is 144 Å². The molecule has 40 heavy (non-hydrogen) atoms. The Hall–Kier alpha value is -3.78. The molecule has 0 unspecified atom stereocenters. The number of anilines is 2. The summed E-state index contributed by atoms with van der Waals surface area (Å²) >= 11 is 8.18. The van der Waals surface area contributed by atoms with Gasteiger partial charge < -0.3 is 21.3 Å². The standard InChI is InChI=1S/C28H20N4O3S4.H3N/c1-16-7-13-22-24(25(16)39(33,34)35)38-27(32-22)18-10-14-21-23(15-18)37-26(31-21)17-8-11-20(12-9-17)30-28(36)29-19-5-3-2-4-6-19;/h2-15H,1H3,(H2,29,30,36)(H,33,34,35);1H3. The molecular formula is C28H23N5O3S4. The van der Waals surface area contributed by atoms with Crippen molar-refractivity contribution in [2.45, 2.75) is 11.8 Å². The van der Waals surface area contributed by atoms with Crippen LogP contribution in [0.4, 0.5) is 11.4 Å². The minimum absolute atomic E-state index is 0. The minimum atomic E-state index is -4.62. The second-order valence-corrected chi connectivity index (χ2v) is 12.5. The van der Waals surface area contributed by atoms with Crippen molar-refractivity contribution in [1.82, 2.24) is 16.1 Å². The van der Waals surface area contributed by atoms with Crippen LogP contribution in [0, 0.1) is 6.92 Å². The Labute approximate surface area is 244 Å².